The molecule has 3 N–H and O–H groups in total. The van der Waals surface area contributed by atoms with Crippen molar-refractivity contribution in [2.75, 3.05) is 48.3 Å². The van der Waals surface area contributed by atoms with Crippen LogP contribution in [-0.4, -0.2) is 67.0 Å². The number of urea groups is 1. The summed E-state index contributed by atoms with van der Waals surface area (Å²) in [7, 11) is -2.89. The lowest BCUT2D eigenvalue weighted by molar-refractivity contribution is 0.247. The van der Waals surface area contributed by atoms with Gasteiger partial charge in [-0.1, -0.05) is 6.07 Å². The fourth-order valence-electron chi connectivity index (χ4n) is 3.25. The lowest BCUT2D eigenvalue weighted by atomic mass is 10.2. The van der Waals surface area contributed by atoms with Gasteiger partial charge in [-0.25, -0.2) is 23.2 Å². The van der Waals surface area contributed by atoms with Crippen molar-refractivity contribution in [2.45, 2.75) is 0 Å². The van der Waals surface area contributed by atoms with Gasteiger partial charge in [0.1, 0.15) is 0 Å². The second-order valence-electron chi connectivity index (χ2n) is 7.39. The molecule has 0 saturated carbocycles. The predicted octanol–water partition coefficient (Wildman–Crippen LogP) is 2.80. The number of carbonyl (C=O) groups is 1. The quantitative estimate of drug-likeness (QED) is 0.484. The molecule has 168 valence electrons. The van der Waals surface area contributed by atoms with E-state index in [1.54, 1.807) is 35.9 Å². The van der Waals surface area contributed by atoms with Crippen molar-refractivity contribution in [3.8, 4) is 11.1 Å². The zero-order valence-corrected chi connectivity index (χ0v) is 19.0. The van der Waals surface area contributed by atoms with E-state index in [0.717, 1.165) is 16.8 Å². The molecule has 0 aliphatic carbocycles. The lowest BCUT2D eigenvalue weighted by Gasteiger charge is -2.26. The number of aromatic nitrogens is 2. The molecule has 1 aliphatic rings. The Morgan fingerprint density at radius 2 is 1.81 bits per heavy atom. The Balaban J connectivity index is 1.25. The SMILES string of the molecule is O=C(NCCN1CCS(=O)(=O)CC1)Nc1cccc(Nc2ncc(-c3ccsc3)cn2)c1. The highest BCUT2D eigenvalue weighted by Gasteiger charge is 2.21. The molecule has 3 aromatic rings. The number of hydrogen-bond donors (Lipinski definition) is 3. The van der Waals surface area contributed by atoms with Crippen LogP contribution in [0, 0.1) is 0 Å². The maximum atomic E-state index is 12.2. The van der Waals surface area contributed by atoms with Gasteiger partial charge in [0.15, 0.2) is 9.84 Å². The lowest BCUT2D eigenvalue weighted by Crippen LogP contribution is -2.44. The van der Waals surface area contributed by atoms with Gasteiger partial charge in [-0.2, -0.15) is 11.3 Å². The summed E-state index contributed by atoms with van der Waals surface area (Å²) in [5, 5.41) is 12.8. The molecular weight excluding hydrogens is 448 g/mol. The Morgan fingerprint density at radius 3 is 2.53 bits per heavy atom. The Hall–Kier alpha value is -3.02. The highest BCUT2D eigenvalue weighted by atomic mass is 32.2. The summed E-state index contributed by atoms with van der Waals surface area (Å²) >= 11 is 1.62. The van der Waals surface area contributed by atoms with Crippen molar-refractivity contribution >= 4 is 44.5 Å². The number of amides is 2. The summed E-state index contributed by atoms with van der Waals surface area (Å²) < 4.78 is 22.9. The van der Waals surface area contributed by atoms with E-state index >= 15 is 0 Å². The van der Waals surface area contributed by atoms with Crippen molar-refractivity contribution in [3.63, 3.8) is 0 Å². The Labute approximate surface area is 190 Å². The summed E-state index contributed by atoms with van der Waals surface area (Å²) in [6, 6.07) is 8.98. The van der Waals surface area contributed by atoms with Crippen LogP contribution in [0.2, 0.25) is 0 Å². The van der Waals surface area contributed by atoms with Crippen molar-refractivity contribution in [1.82, 2.24) is 20.2 Å². The predicted molar refractivity (Wildman–Crippen MR) is 127 cm³/mol. The first kappa shape index (κ1) is 22.2. The second kappa shape index (κ2) is 10.1. The minimum Gasteiger partial charge on any atom is -0.337 e. The molecule has 2 aromatic heterocycles. The minimum atomic E-state index is -2.89. The van der Waals surface area contributed by atoms with E-state index in [2.05, 4.69) is 25.9 Å². The van der Waals surface area contributed by atoms with Crippen molar-refractivity contribution < 1.29 is 13.2 Å². The van der Waals surface area contributed by atoms with Gasteiger partial charge in [0.2, 0.25) is 5.95 Å². The van der Waals surface area contributed by atoms with Crippen molar-refractivity contribution in [1.29, 1.82) is 0 Å². The number of nitrogens with one attached hydrogen (secondary N) is 3. The van der Waals surface area contributed by atoms with Crippen LogP contribution < -0.4 is 16.0 Å². The first-order valence-electron chi connectivity index (χ1n) is 10.2. The maximum absolute atomic E-state index is 12.2. The van der Waals surface area contributed by atoms with E-state index in [-0.39, 0.29) is 17.5 Å². The monoisotopic (exact) mass is 472 g/mol. The molecule has 1 saturated heterocycles. The van der Waals surface area contributed by atoms with Crippen molar-refractivity contribution in [3.05, 3.63) is 53.5 Å². The van der Waals surface area contributed by atoms with Crippen LogP contribution in [0.1, 0.15) is 0 Å². The molecule has 0 bridgehead atoms. The Bertz CT molecular complexity index is 1140. The largest absolute Gasteiger partial charge is 0.337 e. The van der Waals surface area contributed by atoms with Crippen LogP contribution >= 0.6 is 11.3 Å². The van der Waals surface area contributed by atoms with Crippen LogP contribution in [-0.2, 0) is 9.84 Å². The summed E-state index contributed by atoms with van der Waals surface area (Å²) in [6.07, 6.45) is 3.54. The number of benzene rings is 1. The van der Waals surface area contributed by atoms with E-state index in [4.69, 9.17) is 0 Å². The molecule has 1 fully saturated rings. The van der Waals surface area contributed by atoms with E-state index < -0.39 is 9.84 Å². The molecule has 2 amide bonds. The van der Waals surface area contributed by atoms with E-state index in [0.29, 0.717) is 37.8 Å². The average Bonchev–Trinajstić information content (AvgIpc) is 3.31. The first-order chi connectivity index (χ1) is 15.5. The van der Waals surface area contributed by atoms with Gasteiger partial charge in [0.05, 0.1) is 11.5 Å². The zero-order chi connectivity index (χ0) is 22.4. The molecule has 1 aliphatic heterocycles. The molecule has 32 heavy (non-hydrogen) atoms. The number of rotatable bonds is 7. The molecule has 0 atom stereocenters. The highest BCUT2D eigenvalue weighted by Crippen LogP contribution is 2.22. The van der Waals surface area contributed by atoms with Crippen LogP contribution in [0.4, 0.5) is 22.1 Å². The zero-order valence-electron chi connectivity index (χ0n) is 17.3. The number of sulfone groups is 1. The standard InChI is InChI=1S/C21H24N6O3S2/c28-21(22-5-6-27-7-10-32(29,30)11-8-27)26-19-3-1-2-18(12-19)25-20-23-13-17(14-24-20)16-4-9-31-15-16/h1-4,9,12-15H,5-8,10-11H2,(H2,22,26,28)(H,23,24,25). The number of hydrogen-bond acceptors (Lipinski definition) is 8. The summed E-state index contributed by atoms with van der Waals surface area (Å²) in [6.45, 7) is 2.07. The van der Waals surface area contributed by atoms with Gasteiger partial charge in [0, 0.05) is 55.5 Å². The maximum Gasteiger partial charge on any atom is 0.319 e. The third-order valence-electron chi connectivity index (χ3n) is 5.03. The van der Waals surface area contributed by atoms with Crippen LogP contribution in [0.25, 0.3) is 11.1 Å². The normalized spacial score (nSPS) is 15.8. The summed E-state index contributed by atoms with van der Waals surface area (Å²) in [5.74, 6) is 0.827. The van der Waals surface area contributed by atoms with Crippen molar-refractivity contribution in [2.24, 2.45) is 0 Å². The fraction of sp³-hybridized carbons (Fsp3) is 0.286. The average molecular weight is 473 g/mol. The molecule has 0 radical (unpaired) electrons. The van der Waals surface area contributed by atoms with Crippen LogP contribution in [0.15, 0.2) is 53.5 Å². The van der Waals surface area contributed by atoms with Gasteiger partial charge >= 0.3 is 6.03 Å². The summed E-state index contributed by atoms with van der Waals surface area (Å²) in [4.78, 5) is 22.9. The molecule has 0 spiro atoms. The molecule has 1 aromatic carbocycles. The highest BCUT2D eigenvalue weighted by molar-refractivity contribution is 7.91. The Kier molecular flexibility index (Phi) is 6.98. The fourth-order valence-corrected chi connectivity index (χ4v) is 5.19. The number of anilines is 3. The van der Waals surface area contributed by atoms with Gasteiger partial charge in [-0.05, 0) is 40.6 Å². The summed E-state index contributed by atoms with van der Waals surface area (Å²) in [5.41, 5.74) is 3.42. The molecule has 4 rings (SSSR count). The molecule has 11 heteroatoms. The first-order valence-corrected chi connectivity index (χ1v) is 12.9. The number of carbonyl (C=O) groups excluding carboxylic acids is 1. The number of thiophene rings is 1. The topological polar surface area (TPSA) is 116 Å². The van der Waals surface area contributed by atoms with Gasteiger partial charge in [0.25, 0.3) is 0 Å². The number of nitrogens with zero attached hydrogens (tertiary/aromatic N) is 3. The Morgan fingerprint density at radius 1 is 1.06 bits per heavy atom. The third-order valence-corrected chi connectivity index (χ3v) is 7.33. The third kappa shape index (κ3) is 6.25. The van der Waals surface area contributed by atoms with Gasteiger partial charge < -0.3 is 16.0 Å². The molecule has 9 nitrogen and oxygen atoms in total. The van der Waals surface area contributed by atoms with Gasteiger partial charge in [-0.15, -0.1) is 0 Å². The van der Waals surface area contributed by atoms with Gasteiger partial charge in [-0.3, -0.25) is 4.90 Å². The molecule has 3 heterocycles. The molecule has 0 unspecified atom stereocenters. The molecular formula is C21H24N6O3S2. The smallest absolute Gasteiger partial charge is 0.319 e. The van der Waals surface area contributed by atoms with E-state index in [1.165, 1.54) is 0 Å². The van der Waals surface area contributed by atoms with E-state index in [9.17, 15) is 13.2 Å². The second-order valence-corrected chi connectivity index (χ2v) is 10.5. The van der Waals surface area contributed by atoms with E-state index in [1.807, 2.05) is 33.9 Å². The minimum absolute atomic E-state index is 0.180. The van der Waals surface area contributed by atoms with Crippen LogP contribution in [0.5, 0.6) is 0 Å². The van der Waals surface area contributed by atoms with Crippen LogP contribution in [0.3, 0.4) is 0 Å².